The second kappa shape index (κ2) is 14.9. The topological polar surface area (TPSA) is 107 Å². The van der Waals surface area contributed by atoms with E-state index in [4.69, 9.17) is 14.7 Å². The van der Waals surface area contributed by atoms with Crippen molar-refractivity contribution in [3.05, 3.63) is 143 Å². The van der Waals surface area contributed by atoms with Gasteiger partial charge in [-0.3, -0.25) is 9.59 Å². The number of H-pyrrole nitrogens is 2. The number of rotatable bonds is 10. The van der Waals surface area contributed by atoms with E-state index in [1.165, 1.54) is 0 Å². The molecule has 9 nitrogen and oxygen atoms in total. The lowest BCUT2D eigenvalue weighted by Crippen LogP contribution is -2.32. The molecule has 268 valence electrons. The first-order valence-corrected chi connectivity index (χ1v) is 18.6. The Labute approximate surface area is 310 Å². The van der Waals surface area contributed by atoms with Gasteiger partial charge in [0.1, 0.15) is 23.1 Å². The first-order chi connectivity index (χ1) is 25.9. The minimum absolute atomic E-state index is 0.0508. The van der Waals surface area contributed by atoms with Crippen LogP contribution in [0.15, 0.2) is 109 Å². The Hall–Kier alpha value is -5.96. The third-order valence-electron chi connectivity index (χ3n) is 10.4. The fourth-order valence-electron chi connectivity index (χ4n) is 7.76. The number of hydrogen-bond donors (Lipinski definition) is 2. The predicted molar refractivity (Wildman–Crippen MR) is 205 cm³/mol. The molecule has 2 N–H and O–H groups in total. The summed E-state index contributed by atoms with van der Waals surface area (Å²) in [5.41, 5.74) is 8.03. The van der Waals surface area contributed by atoms with E-state index in [1.54, 1.807) is 0 Å². The van der Waals surface area contributed by atoms with Crippen LogP contribution in [0.1, 0.15) is 71.7 Å². The molecular weight excluding hydrogens is 661 g/mol. The number of aromatic nitrogens is 4. The molecule has 0 radical (unpaired) electrons. The molecule has 6 aromatic rings. The second-order valence-electron chi connectivity index (χ2n) is 14.3. The number of nitrogens with zero attached hydrogens (tertiary/aromatic N) is 4. The maximum atomic E-state index is 13.3. The highest BCUT2D eigenvalue weighted by Crippen LogP contribution is 2.35. The van der Waals surface area contributed by atoms with Crippen LogP contribution in [0.3, 0.4) is 0 Å². The Morgan fingerprint density at radius 3 is 1.98 bits per heavy atom. The van der Waals surface area contributed by atoms with Crippen LogP contribution in [0, 0.1) is 13.8 Å². The van der Waals surface area contributed by atoms with Gasteiger partial charge in [-0.2, -0.15) is 0 Å². The lowest BCUT2D eigenvalue weighted by Gasteiger charge is -2.23. The third kappa shape index (κ3) is 7.65. The van der Waals surface area contributed by atoms with E-state index < -0.39 is 0 Å². The van der Waals surface area contributed by atoms with Crippen LogP contribution in [0.25, 0.3) is 22.5 Å². The third-order valence-corrected chi connectivity index (χ3v) is 10.4. The minimum atomic E-state index is -0.0615. The molecule has 2 aromatic heterocycles. The number of aromatic amines is 2. The van der Waals surface area contributed by atoms with Gasteiger partial charge in [0.2, 0.25) is 11.8 Å². The molecule has 4 heterocycles. The van der Waals surface area contributed by atoms with E-state index >= 15 is 0 Å². The van der Waals surface area contributed by atoms with E-state index in [2.05, 4.69) is 48.1 Å². The highest BCUT2D eigenvalue weighted by molar-refractivity contribution is 5.80. The summed E-state index contributed by atoms with van der Waals surface area (Å²) in [6, 6.07) is 32.0. The molecular formula is C44H44N6O3. The molecule has 0 spiro atoms. The summed E-state index contributed by atoms with van der Waals surface area (Å²) in [5.74, 6) is 3.32. The zero-order valence-electron chi connectivity index (χ0n) is 30.2. The summed E-state index contributed by atoms with van der Waals surface area (Å²) in [6.45, 7) is 5.59. The summed E-state index contributed by atoms with van der Waals surface area (Å²) >= 11 is 0. The van der Waals surface area contributed by atoms with E-state index in [0.717, 1.165) is 95.2 Å². The number of aryl methyl sites for hydroxylation is 2. The lowest BCUT2D eigenvalue weighted by atomic mass is 10.1. The molecule has 4 aromatic carbocycles. The predicted octanol–water partition coefficient (Wildman–Crippen LogP) is 8.69. The van der Waals surface area contributed by atoms with Gasteiger partial charge < -0.3 is 24.5 Å². The van der Waals surface area contributed by atoms with E-state index in [1.807, 2.05) is 95.0 Å². The Bertz CT molecular complexity index is 2240. The van der Waals surface area contributed by atoms with Crippen LogP contribution in [0.4, 0.5) is 0 Å². The first-order valence-electron chi connectivity index (χ1n) is 18.6. The molecule has 2 aliphatic rings. The summed E-state index contributed by atoms with van der Waals surface area (Å²) in [7, 11) is 0. The number of carbonyl (C=O) groups is 2. The second-order valence-corrected chi connectivity index (χ2v) is 14.3. The van der Waals surface area contributed by atoms with Gasteiger partial charge in [0, 0.05) is 24.8 Å². The van der Waals surface area contributed by atoms with Crippen molar-refractivity contribution in [3.8, 4) is 34.0 Å². The monoisotopic (exact) mass is 704 g/mol. The van der Waals surface area contributed by atoms with Gasteiger partial charge in [-0.1, -0.05) is 71.8 Å². The van der Waals surface area contributed by atoms with Crippen molar-refractivity contribution < 1.29 is 14.3 Å². The zero-order valence-corrected chi connectivity index (χ0v) is 30.2. The van der Waals surface area contributed by atoms with Crippen molar-refractivity contribution in [1.82, 2.24) is 29.7 Å². The Morgan fingerprint density at radius 2 is 1.34 bits per heavy atom. The summed E-state index contributed by atoms with van der Waals surface area (Å²) in [6.07, 6.45) is 8.25. The number of imidazole rings is 2. The molecule has 0 bridgehead atoms. The minimum Gasteiger partial charge on any atom is -0.457 e. The molecule has 0 unspecified atom stereocenters. The fraction of sp³-hybridized carbons (Fsp3) is 0.273. The average molecular weight is 705 g/mol. The van der Waals surface area contributed by atoms with Crippen LogP contribution >= 0.6 is 0 Å². The first kappa shape index (κ1) is 34.1. The van der Waals surface area contributed by atoms with Crippen LogP contribution < -0.4 is 4.74 Å². The molecule has 8 rings (SSSR count). The fourth-order valence-corrected chi connectivity index (χ4v) is 7.76. The molecule has 2 amide bonds. The van der Waals surface area contributed by atoms with Crippen molar-refractivity contribution in [2.45, 2.75) is 64.5 Å². The largest absolute Gasteiger partial charge is 0.457 e. The highest BCUT2D eigenvalue weighted by atomic mass is 16.5. The van der Waals surface area contributed by atoms with Gasteiger partial charge in [0.25, 0.3) is 0 Å². The summed E-state index contributed by atoms with van der Waals surface area (Å²) in [4.78, 5) is 47.0. The maximum Gasteiger partial charge on any atom is 0.227 e. The zero-order chi connectivity index (χ0) is 36.3. The number of nitrogens with one attached hydrogen (secondary N) is 2. The standard InChI is InChI=1S/C44H44N6O3/c1-29-8-3-10-31(22-29)24-41(51)49-20-6-14-39(49)43-45-27-37(47-43)33-16-18-35(19-17-33)53-36-13-5-12-34(26-36)38-28-46-44(48-38)40-15-7-21-50(40)42(52)25-32-11-4-9-30(2)23-32/h3-5,8-13,16-19,22-23,26-28,39-40H,6-7,14-15,20-21,24-25H2,1-2H3,(H,45,47)(H,46,48)/t39-,40-/m0/s1. The Kier molecular flexibility index (Phi) is 9.63. The molecule has 2 atom stereocenters. The lowest BCUT2D eigenvalue weighted by molar-refractivity contribution is -0.132. The maximum absolute atomic E-state index is 13.3. The molecule has 2 fully saturated rings. The molecule has 0 aliphatic carbocycles. The Morgan fingerprint density at radius 1 is 0.717 bits per heavy atom. The molecule has 2 aliphatic heterocycles. The van der Waals surface area contributed by atoms with Crippen molar-refractivity contribution in [2.24, 2.45) is 0 Å². The van der Waals surface area contributed by atoms with Gasteiger partial charge >= 0.3 is 0 Å². The van der Waals surface area contributed by atoms with Gasteiger partial charge in [0.15, 0.2) is 0 Å². The smallest absolute Gasteiger partial charge is 0.227 e. The van der Waals surface area contributed by atoms with E-state index in [9.17, 15) is 9.59 Å². The van der Waals surface area contributed by atoms with Crippen LogP contribution in [-0.4, -0.2) is 54.6 Å². The highest BCUT2D eigenvalue weighted by Gasteiger charge is 2.33. The average Bonchev–Trinajstić information content (AvgIpc) is 3.99. The van der Waals surface area contributed by atoms with Gasteiger partial charge in [-0.25, -0.2) is 9.97 Å². The quantitative estimate of drug-likeness (QED) is 0.148. The number of amides is 2. The van der Waals surface area contributed by atoms with Gasteiger partial charge in [-0.05, 0) is 92.6 Å². The SMILES string of the molecule is Cc1cccc(CC(=O)N2CCC[C@H]2c2nc(-c3cccc(Oc4ccc(-c5cnc([C@@H]6CCCN6C(=O)Cc6cccc(C)c6)[nH]5)cc4)c3)c[nH]2)c1. The molecule has 2 saturated heterocycles. The number of likely N-dealkylation sites (tertiary alicyclic amines) is 2. The van der Waals surface area contributed by atoms with Crippen molar-refractivity contribution in [1.29, 1.82) is 0 Å². The molecule has 9 heteroatoms. The van der Waals surface area contributed by atoms with Gasteiger partial charge in [0.05, 0.1) is 42.5 Å². The van der Waals surface area contributed by atoms with Crippen molar-refractivity contribution in [2.75, 3.05) is 13.1 Å². The normalized spacial score (nSPS) is 17.0. The van der Waals surface area contributed by atoms with Crippen LogP contribution in [0.5, 0.6) is 11.5 Å². The van der Waals surface area contributed by atoms with Crippen molar-refractivity contribution >= 4 is 11.8 Å². The van der Waals surface area contributed by atoms with E-state index in [0.29, 0.717) is 24.3 Å². The van der Waals surface area contributed by atoms with Crippen LogP contribution in [-0.2, 0) is 22.4 Å². The molecule has 53 heavy (non-hydrogen) atoms. The summed E-state index contributed by atoms with van der Waals surface area (Å²) < 4.78 is 6.27. The number of benzene rings is 4. The number of carbonyl (C=O) groups excluding carboxylic acids is 2. The molecule has 0 saturated carbocycles. The number of hydrogen-bond acceptors (Lipinski definition) is 5. The van der Waals surface area contributed by atoms with E-state index in [-0.39, 0.29) is 23.9 Å². The van der Waals surface area contributed by atoms with Crippen molar-refractivity contribution in [3.63, 3.8) is 0 Å². The van der Waals surface area contributed by atoms with Crippen LogP contribution in [0.2, 0.25) is 0 Å². The van der Waals surface area contributed by atoms with Gasteiger partial charge in [-0.15, -0.1) is 0 Å². The Balaban J connectivity index is 0.901. The number of ether oxygens (including phenoxy) is 1. The summed E-state index contributed by atoms with van der Waals surface area (Å²) in [5, 5.41) is 0.